The first-order valence-corrected chi connectivity index (χ1v) is 8.56. The second-order valence-corrected chi connectivity index (χ2v) is 7.29. The molecule has 2 aromatic rings. The Morgan fingerprint density at radius 1 is 1.43 bits per heavy atom. The van der Waals surface area contributed by atoms with Crippen molar-refractivity contribution in [3.05, 3.63) is 24.3 Å². The van der Waals surface area contributed by atoms with Crippen molar-refractivity contribution in [1.29, 1.82) is 0 Å². The summed E-state index contributed by atoms with van der Waals surface area (Å²) in [5, 5.41) is 7.04. The van der Waals surface area contributed by atoms with Crippen LogP contribution in [0.25, 0.3) is 11.4 Å². The number of nitrogens with one attached hydrogen (secondary N) is 1. The number of nitrogens with zero attached hydrogens (tertiary/aromatic N) is 3. The van der Waals surface area contributed by atoms with Crippen molar-refractivity contribution < 1.29 is 8.42 Å². The van der Waals surface area contributed by atoms with Crippen LogP contribution in [0.1, 0.15) is 6.42 Å². The van der Waals surface area contributed by atoms with Gasteiger partial charge in [-0.2, -0.15) is 4.98 Å². The fourth-order valence-electron chi connectivity index (χ4n) is 2.37. The number of nitrogens with two attached hydrogens (primary N) is 1. The number of aromatic nitrogens is 3. The lowest BCUT2D eigenvalue weighted by molar-refractivity contribution is 0.602. The molecule has 1 aliphatic heterocycles. The van der Waals surface area contributed by atoms with Crippen LogP contribution in [-0.2, 0) is 9.84 Å². The van der Waals surface area contributed by atoms with Crippen molar-refractivity contribution in [2.45, 2.75) is 17.4 Å². The van der Waals surface area contributed by atoms with Crippen LogP contribution < -0.4 is 10.6 Å². The van der Waals surface area contributed by atoms with Gasteiger partial charge >= 0.3 is 0 Å². The summed E-state index contributed by atoms with van der Waals surface area (Å²) in [6.45, 7) is 1.57. The molecule has 2 heterocycles. The Labute approximate surface area is 123 Å². The highest BCUT2D eigenvalue weighted by atomic mass is 32.2. The summed E-state index contributed by atoms with van der Waals surface area (Å²) in [6, 6.07) is 6.81. The van der Waals surface area contributed by atoms with E-state index in [1.165, 1.54) is 6.26 Å². The van der Waals surface area contributed by atoms with Crippen molar-refractivity contribution in [1.82, 2.24) is 15.2 Å². The van der Waals surface area contributed by atoms with E-state index in [4.69, 9.17) is 5.73 Å². The Kier molecular flexibility index (Phi) is 3.42. The molecule has 0 aliphatic carbocycles. The third-order valence-corrected chi connectivity index (χ3v) is 4.63. The maximum Gasteiger partial charge on any atom is 0.245 e. The van der Waals surface area contributed by atoms with Crippen LogP contribution >= 0.6 is 0 Å². The molecule has 112 valence electrons. The molecule has 1 aliphatic rings. The standard InChI is InChI=1S/C13H17N5O2S/c1-21(19,20)11-4-2-3-9(7-11)12-15-13(17-16-12)18-6-5-10(14)8-18/h2-4,7,10H,5-6,8,14H2,1H3,(H,15,16,17). The molecule has 0 radical (unpaired) electrons. The quantitative estimate of drug-likeness (QED) is 0.851. The molecule has 0 saturated carbocycles. The lowest BCUT2D eigenvalue weighted by Gasteiger charge is -2.11. The van der Waals surface area contributed by atoms with Crippen LogP contribution in [0.4, 0.5) is 5.95 Å². The summed E-state index contributed by atoms with van der Waals surface area (Å²) in [5.41, 5.74) is 6.57. The zero-order valence-electron chi connectivity index (χ0n) is 11.7. The largest absolute Gasteiger partial charge is 0.338 e. The molecular weight excluding hydrogens is 290 g/mol. The molecule has 0 amide bonds. The molecule has 1 unspecified atom stereocenters. The molecule has 1 fully saturated rings. The number of hydrogen-bond donors (Lipinski definition) is 2. The van der Waals surface area contributed by atoms with Crippen LogP contribution in [0, 0.1) is 0 Å². The maximum absolute atomic E-state index is 11.6. The van der Waals surface area contributed by atoms with E-state index in [0.717, 1.165) is 19.5 Å². The van der Waals surface area contributed by atoms with Gasteiger partial charge in [-0.05, 0) is 18.6 Å². The fourth-order valence-corrected chi connectivity index (χ4v) is 3.03. The number of anilines is 1. The molecule has 1 atom stereocenters. The van der Waals surface area contributed by atoms with Gasteiger partial charge < -0.3 is 10.6 Å². The zero-order valence-corrected chi connectivity index (χ0v) is 12.5. The Hall–Kier alpha value is -1.93. The van der Waals surface area contributed by atoms with Gasteiger partial charge in [-0.3, -0.25) is 5.10 Å². The average Bonchev–Trinajstić information content (AvgIpc) is 3.06. The van der Waals surface area contributed by atoms with Gasteiger partial charge in [-0.15, -0.1) is 5.10 Å². The molecular formula is C13H17N5O2S. The molecule has 7 nitrogen and oxygen atoms in total. The van der Waals surface area contributed by atoms with Crippen LogP contribution in [0.15, 0.2) is 29.2 Å². The molecule has 8 heteroatoms. The van der Waals surface area contributed by atoms with E-state index in [-0.39, 0.29) is 10.9 Å². The minimum Gasteiger partial charge on any atom is -0.338 e. The Bertz CT molecular complexity index is 755. The third-order valence-electron chi connectivity index (χ3n) is 3.52. The second kappa shape index (κ2) is 5.12. The summed E-state index contributed by atoms with van der Waals surface area (Å²) in [5.74, 6) is 1.15. The number of H-pyrrole nitrogens is 1. The minimum absolute atomic E-state index is 0.153. The van der Waals surface area contributed by atoms with Gasteiger partial charge in [-0.1, -0.05) is 12.1 Å². The SMILES string of the molecule is CS(=O)(=O)c1cccc(-c2nc(N3CCC(N)C3)n[nH]2)c1. The molecule has 21 heavy (non-hydrogen) atoms. The number of rotatable bonds is 3. The van der Waals surface area contributed by atoms with E-state index in [0.29, 0.717) is 17.3 Å². The summed E-state index contributed by atoms with van der Waals surface area (Å²) < 4.78 is 23.2. The van der Waals surface area contributed by atoms with E-state index in [1.807, 2.05) is 4.90 Å². The second-order valence-electron chi connectivity index (χ2n) is 5.28. The fraction of sp³-hybridized carbons (Fsp3) is 0.385. The first kappa shape index (κ1) is 14.0. The highest BCUT2D eigenvalue weighted by Gasteiger charge is 2.22. The Morgan fingerprint density at radius 2 is 2.24 bits per heavy atom. The molecule has 1 aromatic heterocycles. The zero-order chi connectivity index (χ0) is 15.0. The van der Waals surface area contributed by atoms with Crippen molar-refractivity contribution in [3.63, 3.8) is 0 Å². The van der Waals surface area contributed by atoms with Crippen LogP contribution in [0.3, 0.4) is 0 Å². The molecule has 0 bridgehead atoms. The van der Waals surface area contributed by atoms with Gasteiger partial charge in [0.25, 0.3) is 0 Å². The Morgan fingerprint density at radius 3 is 2.90 bits per heavy atom. The van der Waals surface area contributed by atoms with E-state index in [2.05, 4.69) is 15.2 Å². The van der Waals surface area contributed by atoms with Crippen LogP contribution in [0.5, 0.6) is 0 Å². The first-order valence-electron chi connectivity index (χ1n) is 6.67. The molecule has 3 N–H and O–H groups in total. The summed E-state index contributed by atoms with van der Waals surface area (Å²) in [7, 11) is -3.24. The van der Waals surface area contributed by atoms with Crippen molar-refractivity contribution in [2.24, 2.45) is 5.73 Å². The topological polar surface area (TPSA) is 105 Å². The third kappa shape index (κ3) is 2.91. The van der Waals surface area contributed by atoms with Crippen molar-refractivity contribution >= 4 is 15.8 Å². The van der Waals surface area contributed by atoms with E-state index in [9.17, 15) is 8.42 Å². The van der Waals surface area contributed by atoms with Crippen LogP contribution in [0.2, 0.25) is 0 Å². The highest BCUT2D eigenvalue weighted by Crippen LogP contribution is 2.22. The predicted molar refractivity (Wildman–Crippen MR) is 79.7 cm³/mol. The van der Waals surface area contributed by atoms with Crippen molar-refractivity contribution in [3.8, 4) is 11.4 Å². The predicted octanol–water partition coefficient (Wildman–Crippen LogP) is 0.413. The summed E-state index contributed by atoms with van der Waals surface area (Å²) in [6.07, 6.45) is 2.11. The summed E-state index contributed by atoms with van der Waals surface area (Å²) in [4.78, 5) is 6.71. The van der Waals surface area contributed by atoms with Gasteiger partial charge in [0.2, 0.25) is 5.95 Å². The lowest BCUT2D eigenvalue weighted by Crippen LogP contribution is -2.26. The number of aromatic amines is 1. The number of benzene rings is 1. The summed E-state index contributed by atoms with van der Waals surface area (Å²) >= 11 is 0. The van der Waals surface area contributed by atoms with Crippen LogP contribution in [-0.4, -0.2) is 49.0 Å². The van der Waals surface area contributed by atoms with Gasteiger partial charge in [0, 0.05) is 31.0 Å². The van der Waals surface area contributed by atoms with Gasteiger partial charge in [0.1, 0.15) is 0 Å². The minimum atomic E-state index is -3.24. The number of hydrogen-bond acceptors (Lipinski definition) is 6. The van der Waals surface area contributed by atoms with Crippen molar-refractivity contribution in [2.75, 3.05) is 24.2 Å². The smallest absolute Gasteiger partial charge is 0.245 e. The Balaban J connectivity index is 1.90. The molecule has 1 saturated heterocycles. The maximum atomic E-state index is 11.6. The number of sulfone groups is 1. The van der Waals surface area contributed by atoms with Gasteiger partial charge in [-0.25, -0.2) is 8.42 Å². The monoisotopic (exact) mass is 307 g/mol. The average molecular weight is 307 g/mol. The molecule has 0 spiro atoms. The first-order chi connectivity index (χ1) is 9.93. The van der Waals surface area contributed by atoms with E-state index < -0.39 is 9.84 Å². The van der Waals surface area contributed by atoms with E-state index >= 15 is 0 Å². The molecule has 1 aromatic carbocycles. The van der Waals surface area contributed by atoms with E-state index in [1.54, 1.807) is 24.3 Å². The highest BCUT2D eigenvalue weighted by molar-refractivity contribution is 7.90. The van der Waals surface area contributed by atoms with Gasteiger partial charge in [0.15, 0.2) is 15.7 Å². The molecule has 3 rings (SSSR count). The lowest BCUT2D eigenvalue weighted by atomic mass is 10.2. The normalized spacial score (nSPS) is 19.1. The van der Waals surface area contributed by atoms with Gasteiger partial charge in [0.05, 0.1) is 4.90 Å².